The van der Waals surface area contributed by atoms with Gasteiger partial charge in [0.05, 0.1) is 6.54 Å². The molecular weight excluding hydrogens is 306 g/mol. The molecule has 2 rings (SSSR count). The van der Waals surface area contributed by atoms with Crippen molar-refractivity contribution >= 4 is 17.5 Å². The summed E-state index contributed by atoms with van der Waals surface area (Å²) < 4.78 is 5.48. The van der Waals surface area contributed by atoms with Gasteiger partial charge >= 0.3 is 0 Å². The maximum Gasteiger partial charge on any atom is 0.259 e. The molecule has 1 aromatic carbocycles. The lowest BCUT2D eigenvalue weighted by molar-refractivity contribution is -0.131. The van der Waals surface area contributed by atoms with Crippen LogP contribution in [0, 0.1) is 5.92 Å². The molecule has 1 aliphatic rings. The van der Waals surface area contributed by atoms with Crippen molar-refractivity contribution in [2.24, 2.45) is 5.92 Å². The zero-order chi connectivity index (χ0) is 17.5. The summed E-state index contributed by atoms with van der Waals surface area (Å²) in [6.07, 6.45) is 2.28. The molecule has 1 heterocycles. The number of carbonyl (C=O) groups is 2. The predicted molar refractivity (Wildman–Crippen MR) is 94.1 cm³/mol. The second-order valence-electron chi connectivity index (χ2n) is 6.55. The second-order valence-corrected chi connectivity index (χ2v) is 6.55. The van der Waals surface area contributed by atoms with E-state index in [1.165, 1.54) is 11.3 Å². The molecule has 0 radical (unpaired) electrons. The van der Waals surface area contributed by atoms with Gasteiger partial charge in [-0.1, -0.05) is 13.0 Å². The minimum absolute atomic E-state index is 0.00104. The van der Waals surface area contributed by atoms with Gasteiger partial charge in [-0.15, -0.1) is 0 Å². The lowest BCUT2D eigenvalue weighted by Crippen LogP contribution is -2.41. The van der Waals surface area contributed by atoms with Gasteiger partial charge in [0, 0.05) is 38.9 Å². The first kappa shape index (κ1) is 18.1. The highest BCUT2D eigenvalue weighted by Gasteiger charge is 2.20. The minimum Gasteiger partial charge on any atom is -0.484 e. The van der Waals surface area contributed by atoms with Crippen LogP contribution in [0.15, 0.2) is 24.3 Å². The second kappa shape index (κ2) is 8.57. The van der Waals surface area contributed by atoms with Crippen LogP contribution in [0.25, 0.3) is 0 Å². The van der Waals surface area contributed by atoms with E-state index in [0.717, 1.165) is 25.2 Å². The van der Waals surface area contributed by atoms with Gasteiger partial charge in [0.25, 0.3) is 5.91 Å². The molecule has 6 heteroatoms. The number of amides is 2. The molecule has 0 saturated carbocycles. The topological polar surface area (TPSA) is 61.9 Å². The van der Waals surface area contributed by atoms with Gasteiger partial charge in [-0.05, 0) is 30.9 Å². The summed E-state index contributed by atoms with van der Waals surface area (Å²) in [6.45, 7) is 4.15. The molecule has 2 amide bonds. The molecule has 0 aromatic heterocycles. The molecule has 1 fully saturated rings. The number of nitrogens with one attached hydrogen (secondary N) is 1. The summed E-state index contributed by atoms with van der Waals surface area (Å²) >= 11 is 0. The third-order valence-electron chi connectivity index (χ3n) is 4.15. The molecule has 1 aliphatic heterocycles. The smallest absolute Gasteiger partial charge is 0.259 e. The van der Waals surface area contributed by atoms with E-state index in [4.69, 9.17) is 4.74 Å². The normalized spacial score (nSPS) is 17.3. The van der Waals surface area contributed by atoms with E-state index in [0.29, 0.717) is 11.7 Å². The van der Waals surface area contributed by atoms with E-state index in [9.17, 15) is 9.59 Å². The molecule has 1 aromatic rings. The molecule has 0 bridgehead atoms. The summed E-state index contributed by atoms with van der Waals surface area (Å²) in [5.41, 5.74) is 0.809. The van der Waals surface area contributed by atoms with E-state index in [1.54, 1.807) is 26.2 Å². The summed E-state index contributed by atoms with van der Waals surface area (Å²) in [7, 11) is 3.38. The van der Waals surface area contributed by atoms with E-state index >= 15 is 0 Å². The zero-order valence-electron chi connectivity index (χ0n) is 14.7. The maximum atomic E-state index is 12.3. The van der Waals surface area contributed by atoms with Crippen LogP contribution >= 0.6 is 0 Å². The zero-order valence-corrected chi connectivity index (χ0v) is 14.7. The fourth-order valence-corrected chi connectivity index (χ4v) is 2.68. The minimum atomic E-state index is -0.0947. The third-order valence-corrected chi connectivity index (χ3v) is 4.15. The molecule has 0 unspecified atom stereocenters. The first-order valence-corrected chi connectivity index (χ1v) is 8.40. The van der Waals surface area contributed by atoms with Gasteiger partial charge in [0.1, 0.15) is 5.75 Å². The first-order valence-electron chi connectivity index (χ1n) is 8.40. The van der Waals surface area contributed by atoms with Crippen molar-refractivity contribution in [2.75, 3.05) is 45.7 Å². The summed E-state index contributed by atoms with van der Waals surface area (Å²) in [6, 6.07) is 7.31. The third kappa shape index (κ3) is 5.44. The monoisotopic (exact) mass is 333 g/mol. The van der Waals surface area contributed by atoms with Crippen molar-refractivity contribution in [1.82, 2.24) is 9.80 Å². The number of nitrogens with zero attached hydrogens (tertiary/aromatic N) is 2. The highest BCUT2D eigenvalue weighted by molar-refractivity contribution is 5.81. The highest BCUT2D eigenvalue weighted by Crippen LogP contribution is 2.18. The molecule has 1 saturated heterocycles. The van der Waals surface area contributed by atoms with Crippen molar-refractivity contribution in [2.45, 2.75) is 19.8 Å². The fourth-order valence-electron chi connectivity index (χ4n) is 2.68. The molecule has 1 N–H and O–H groups in total. The SMILES string of the molecule is C[C@@H]1CCCN(C(=O)CNc2cccc(OCC(=O)N(C)C)c2)C1. The average Bonchev–Trinajstić information content (AvgIpc) is 2.57. The number of carbonyl (C=O) groups excluding carboxylic acids is 2. The van der Waals surface area contributed by atoms with E-state index in [1.807, 2.05) is 17.0 Å². The number of ether oxygens (including phenoxy) is 1. The van der Waals surface area contributed by atoms with Crippen LogP contribution in [0.1, 0.15) is 19.8 Å². The Morgan fingerprint density at radius 1 is 1.38 bits per heavy atom. The van der Waals surface area contributed by atoms with Crippen molar-refractivity contribution in [3.8, 4) is 5.75 Å². The largest absolute Gasteiger partial charge is 0.484 e. The van der Waals surface area contributed by atoms with E-state index in [-0.39, 0.29) is 25.0 Å². The van der Waals surface area contributed by atoms with E-state index < -0.39 is 0 Å². The molecule has 0 spiro atoms. The molecule has 0 aliphatic carbocycles. The van der Waals surface area contributed by atoms with Crippen LogP contribution in [-0.4, -0.2) is 62.0 Å². The standard InChI is InChI=1S/C18H27N3O3/c1-14-6-5-9-21(12-14)17(22)11-19-15-7-4-8-16(10-15)24-13-18(23)20(2)3/h4,7-8,10,14,19H,5-6,9,11-13H2,1-3H3/t14-/m1/s1. The molecule has 24 heavy (non-hydrogen) atoms. The van der Waals surface area contributed by atoms with Crippen molar-refractivity contribution < 1.29 is 14.3 Å². The number of piperidine rings is 1. The van der Waals surface area contributed by atoms with Crippen molar-refractivity contribution in [3.05, 3.63) is 24.3 Å². The van der Waals surface area contributed by atoms with Gasteiger partial charge in [-0.25, -0.2) is 0 Å². The Balaban J connectivity index is 1.83. The number of likely N-dealkylation sites (tertiary alicyclic amines) is 1. The number of benzene rings is 1. The van der Waals surface area contributed by atoms with Crippen LogP contribution in [0.2, 0.25) is 0 Å². The van der Waals surface area contributed by atoms with Gasteiger partial charge in [-0.3, -0.25) is 9.59 Å². The van der Waals surface area contributed by atoms with Crippen LogP contribution < -0.4 is 10.1 Å². The quantitative estimate of drug-likeness (QED) is 0.863. The van der Waals surface area contributed by atoms with E-state index in [2.05, 4.69) is 12.2 Å². The Kier molecular flexibility index (Phi) is 6.46. The molecular formula is C18H27N3O3. The number of anilines is 1. The maximum absolute atomic E-state index is 12.3. The van der Waals surface area contributed by atoms with Crippen molar-refractivity contribution in [1.29, 1.82) is 0 Å². The highest BCUT2D eigenvalue weighted by atomic mass is 16.5. The molecule has 132 valence electrons. The van der Waals surface area contributed by atoms with Crippen LogP contribution in [-0.2, 0) is 9.59 Å². The molecule has 6 nitrogen and oxygen atoms in total. The lowest BCUT2D eigenvalue weighted by Gasteiger charge is -2.31. The number of rotatable bonds is 6. The lowest BCUT2D eigenvalue weighted by atomic mass is 10.0. The summed E-state index contributed by atoms with van der Waals surface area (Å²) in [5, 5.41) is 3.14. The number of hydrogen-bond donors (Lipinski definition) is 1. The predicted octanol–water partition coefficient (Wildman–Crippen LogP) is 1.82. The fraction of sp³-hybridized carbons (Fsp3) is 0.556. The Labute approximate surface area is 143 Å². The average molecular weight is 333 g/mol. The number of hydrogen-bond acceptors (Lipinski definition) is 4. The van der Waals surface area contributed by atoms with Crippen LogP contribution in [0.3, 0.4) is 0 Å². The summed E-state index contributed by atoms with van der Waals surface area (Å²) in [5.74, 6) is 1.21. The first-order chi connectivity index (χ1) is 11.5. The Hall–Kier alpha value is -2.24. The van der Waals surface area contributed by atoms with Crippen LogP contribution in [0.5, 0.6) is 5.75 Å². The van der Waals surface area contributed by atoms with Gasteiger partial charge in [0.15, 0.2) is 6.61 Å². The number of likely N-dealkylation sites (N-methyl/N-ethyl adjacent to an activating group) is 1. The summed E-state index contributed by atoms with van der Waals surface area (Å²) in [4.78, 5) is 27.2. The van der Waals surface area contributed by atoms with Crippen LogP contribution in [0.4, 0.5) is 5.69 Å². The molecule has 1 atom stereocenters. The van der Waals surface area contributed by atoms with Gasteiger partial charge in [0.2, 0.25) is 5.91 Å². The Morgan fingerprint density at radius 2 is 2.17 bits per heavy atom. The van der Waals surface area contributed by atoms with Gasteiger partial charge in [-0.2, -0.15) is 0 Å². The Morgan fingerprint density at radius 3 is 2.88 bits per heavy atom. The van der Waals surface area contributed by atoms with Gasteiger partial charge < -0.3 is 19.9 Å². The Bertz CT molecular complexity index is 574. The van der Waals surface area contributed by atoms with Crippen molar-refractivity contribution in [3.63, 3.8) is 0 Å².